The zero-order valence-corrected chi connectivity index (χ0v) is 15.5. The average Bonchev–Trinajstić information content (AvgIpc) is 3.07. The van der Waals surface area contributed by atoms with Crippen molar-refractivity contribution in [2.24, 2.45) is 10.9 Å². The molecular weight excluding hydrogens is 322 g/mol. The SMILES string of the molecule is CN=C(NCCCC1CCCC1)NCc1ccc(S(C)(=O)=O)cc1. The van der Waals surface area contributed by atoms with Crippen LogP contribution in [-0.2, 0) is 16.4 Å². The normalized spacial score (nSPS) is 16.3. The van der Waals surface area contributed by atoms with Gasteiger partial charge in [-0.25, -0.2) is 8.42 Å². The molecule has 0 saturated heterocycles. The van der Waals surface area contributed by atoms with Crippen molar-refractivity contribution in [1.82, 2.24) is 10.6 Å². The Morgan fingerprint density at radius 1 is 1.17 bits per heavy atom. The van der Waals surface area contributed by atoms with E-state index < -0.39 is 9.84 Å². The van der Waals surface area contributed by atoms with E-state index in [-0.39, 0.29) is 0 Å². The summed E-state index contributed by atoms with van der Waals surface area (Å²) in [4.78, 5) is 4.58. The Hall–Kier alpha value is -1.56. The molecule has 1 aromatic carbocycles. The first-order valence-corrected chi connectivity index (χ1v) is 10.6. The molecular formula is C18H29N3O2S. The van der Waals surface area contributed by atoms with E-state index >= 15 is 0 Å². The smallest absolute Gasteiger partial charge is 0.191 e. The van der Waals surface area contributed by atoms with Crippen LogP contribution in [0.3, 0.4) is 0 Å². The standard InChI is InChI=1S/C18H29N3O2S/c1-19-18(20-13-5-8-15-6-3-4-7-15)21-14-16-9-11-17(12-10-16)24(2,22)23/h9-12,15H,3-8,13-14H2,1-2H3,(H2,19,20,21). The highest BCUT2D eigenvalue weighted by atomic mass is 32.2. The topological polar surface area (TPSA) is 70.6 Å². The third-order valence-corrected chi connectivity index (χ3v) is 5.72. The van der Waals surface area contributed by atoms with Crippen LogP contribution in [0.15, 0.2) is 34.2 Å². The van der Waals surface area contributed by atoms with Crippen LogP contribution in [-0.4, -0.2) is 34.2 Å². The van der Waals surface area contributed by atoms with Crippen molar-refractivity contribution in [3.05, 3.63) is 29.8 Å². The van der Waals surface area contributed by atoms with Crippen LogP contribution in [0, 0.1) is 5.92 Å². The molecule has 0 bridgehead atoms. The number of nitrogens with one attached hydrogen (secondary N) is 2. The van der Waals surface area contributed by atoms with Gasteiger partial charge in [0.1, 0.15) is 0 Å². The summed E-state index contributed by atoms with van der Waals surface area (Å²) < 4.78 is 22.9. The second-order valence-corrected chi connectivity index (χ2v) is 8.58. The van der Waals surface area contributed by atoms with Gasteiger partial charge >= 0.3 is 0 Å². The molecule has 0 aromatic heterocycles. The van der Waals surface area contributed by atoms with Crippen LogP contribution in [0.4, 0.5) is 0 Å². The molecule has 5 nitrogen and oxygen atoms in total. The quantitative estimate of drug-likeness (QED) is 0.450. The minimum absolute atomic E-state index is 0.348. The van der Waals surface area contributed by atoms with Gasteiger partial charge in [0.2, 0.25) is 0 Å². The van der Waals surface area contributed by atoms with Crippen LogP contribution in [0.25, 0.3) is 0 Å². The molecule has 0 aliphatic heterocycles. The fraction of sp³-hybridized carbons (Fsp3) is 0.611. The maximum Gasteiger partial charge on any atom is 0.191 e. The molecule has 1 saturated carbocycles. The van der Waals surface area contributed by atoms with Crippen LogP contribution >= 0.6 is 0 Å². The maximum absolute atomic E-state index is 11.5. The molecule has 2 N–H and O–H groups in total. The maximum atomic E-state index is 11.5. The van der Waals surface area contributed by atoms with Crippen molar-refractivity contribution in [3.63, 3.8) is 0 Å². The molecule has 134 valence electrons. The summed E-state index contributed by atoms with van der Waals surface area (Å²) in [6.07, 6.45) is 9.30. The largest absolute Gasteiger partial charge is 0.356 e. The molecule has 6 heteroatoms. The lowest BCUT2D eigenvalue weighted by Gasteiger charge is -2.13. The van der Waals surface area contributed by atoms with E-state index in [9.17, 15) is 8.42 Å². The summed E-state index contributed by atoms with van der Waals surface area (Å²) in [5.41, 5.74) is 1.02. The lowest BCUT2D eigenvalue weighted by atomic mass is 10.0. The zero-order chi connectivity index (χ0) is 17.4. The Balaban J connectivity index is 1.70. The molecule has 0 radical (unpaired) electrons. The monoisotopic (exact) mass is 351 g/mol. The van der Waals surface area contributed by atoms with Crippen molar-refractivity contribution in [2.75, 3.05) is 19.8 Å². The van der Waals surface area contributed by atoms with Gasteiger partial charge in [-0.2, -0.15) is 0 Å². The Morgan fingerprint density at radius 2 is 1.83 bits per heavy atom. The minimum atomic E-state index is -3.13. The third kappa shape index (κ3) is 6.15. The van der Waals surface area contributed by atoms with Gasteiger partial charge in [0, 0.05) is 26.4 Å². The number of rotatable bonds is 7. The van der Waals surface area contributed by atoms with Gasteiger partial charge in [0.15, 0.2) is 15.8 Å². The number of sulfone groups is 1. The van der Waals surface area contributed by atoms with E-state index in [0.29, 0.717) is 11.4 Å². The van der Waals surface area contributed by atoms with Crippen molar-refractivity contribution in [1.29, 1.82) is 0 Å². The predicted octanol–water partition coefficient (Wildman–Crippen LogP) is 2.73. The number of benzene rings is 1. The number of aliphatic imine (C=N–C) groups is 1. The number of hydrogen-bond donors (Lipinski definition) is 2. The molecule has 0 heterocycles. The highest BCUT2D eigenvalue weighted by molar-refractivity contribution is 7.90. The van der Waals surface area contributed by atoms with E-state index in [4.69, 9.17) is 0 Å². The van der Waals surface area contributed by atoms with Gasteiger partial charge in [0.05, 0.1) is 4.90 Å². The summed E-state index contributed by atoms with van der Waals surface area (Å²) in [7, 11) is -1.37. The fourth-order valence-corrected chi connectivity index (χ4v) is 3.79. The predicted molar refractivity (Wildman–Crippen MR) is 98.9 cm³/mol. The van der Waals surface area contributed by atoms with Crippen LogP contribution in [0.5, 0.6) is 0 Å². The van der Waals surface area contributed by atoms with Crippen molar-refractivity contribution < 1.29 is 8.42 Å². The van der Waals surface area contributed by atoms with Gasteiger partial charge in [-0.1, -0.05) is 37.8 Å². The molecule has 1 aliphatic carbocycles. The fourth-order valence-electron chi connectivity index (χ4n) is 3.16. The lowest BCUT2D eigenvalue weighted by Crippen LogP contribution is -2.37. The third-order valence-electron chi connectivity index (χ3n) is 4.59. The average molecular weight is 352 g/mol. The van der Waals surface area contributed by atoms with Gasteiger partial charge in [0.25, 0.3) is 0 Å². The van der Waals surface area contributed by atoms with E-state index in [1.807, 2.05) is 12.1 Å². The molecule has 0 unspecified atom stereocenters. The Labute approximate surface area is 145 Å². The van der Waals surface area contributed by atoms with Gasteiger partial charge in [-0.15, -0.1) is 0 Å². The Morgan fingerprint density at radius 3 is 2.42 bits per heavy atom. The van der Waals surface area contributed by atoms with E-state index in [0.717, 1.165) is 24.0 Å². The number of guanidine groups is 1. The van der Waals surface area contributed by atoms with Crippen molar-refractivity contribution >= 4 is 15.8 Å². The van der Waals surface area contributed by atoms with Crippen LogP contribution < -0.4 is 10.6 Å². The first-order valence-electron chi connectivity index (χ1n) is 8.72. The molecule has 1 fully saturated rings. The molecule has 1 aliphatic rings. The van der Waals surface area contributed by atoms with Gasteiger partial charge in [-0.3, -0.25) is 4.99 Å². The first kappa shape index (κ1) is 18.8. The minimum Gasteiger partial charge on any atom is -0.356 e. The zero-order valence-electron chi connectivity index (χ0n) is 14.7. The molecule has 2 rings (SSSR count). The molecule has 24 heavy (non-hydrogen) atoms. The van der Waals surface area contributed by atoms with Crippen LogP contribution in [0.2, 0.25) is 0 Å². The summed E-state index contributed by atoms with van der Waals surface area (Å²) in [6, 6.07) is 6.95. The number of nitrogens with zero attached hydrogens (tertiary/aromatic N) is 1. The van der Waals surface area contributed by atoms with Crippen molar-refractivity contribution in [3.8, 4) is 0 Å². The Kier molecular flexibility index (Phi) is 7.09. The molecule has 0 spiro atoms. The van der Waals surface area contributed by atoms with E-state index in [1.165, 1.54) is 44.8 Å². The van der Waals surface area contributed by atoms with Crippen LogP contribution in [0.1, 0.15) is 44.1 Å². The molecule has 0 atom stereocenters. The van der Waals surface area contributed by atoms with E-state index in [1.54, 1.807) is 19.2 Å². The summed E-state index contributed by atoms with van der Waals surface area (Å²) in [5.74, 6) is 1.71. The van der Waals surface area contributed by atoms with Crippen molar-refractivity contribution in [2.45, 2.75) is 50.0 Å². The first-order chi connectivity index (χ1) is 11.5. The second kappa shape index (κ2) is 9.06. The summed E-state index contributed by atoms with van der Waals surface area (Å²) in [6.45, 7) is 1.55. The summed E-state index contributed by atoms with van der Waals surface area (Å²) in [5, 5.41) is 6.60. The second-order valence-electron chi connectivity index (χ2n) is 6.56. The summed E-state index contributed by atoms with van der Waals surface area (Å²) >= 11 is 0. The number of hydrogen-bond acceptors (Lipinski definition) is 3. The van der Waals surface area contributed by atoms with Gasteiger partial charge in [-0.05, 0) is 36.5 Å². The Bertz CT molecular complexity index is 633. The molecule has 1 aromatic rings. The lowest BCUT2D eigenvalue weighted by molar-refractivity contribution is 0.481. The highest BCUT2D eigenvalue weighted by Gasteiger charge is 2.14. The molecule has 0 amide bonds. The van der Waals surface area contributed by atoms with Gasteiger partial charge < -0.3 is 10.6 Å². The highest BCUT2D eigenvalue weighted by Crippen LogP contribution is 2.28. The van der Waals surface area contributed by atoms with E-state index in [2.05, 4.69) is 15.6 Å².